The molecule has 1 N–H and O–H groups in total. The first-order valence-corrected chi connectivity index (χ1v) is 4.58. The van der Waals surface area contributed by atoms with Gasteiger partial charge in [0.15, 0.2) is 0 Å². The van der Waals surface area contributed by atoms with Gasteiger partial charge in [0.25, 0.3) is 0 Å². The van der Waals surface area contributed by atoms with E-state index in [1.807, 2.05) is 0 Å². The van der Waals surface area contributed by atoms with E-state index in [2.05, 4.69) is 5.32 Å². The summed E-state index contributed by atoms with van der Waals surface area (Å²) in [5, 5.41) is 2.65. The van der Waals surface area contributed by atoms with Crippen molar-refractivity contribution in [3.8, 4) is 0 Å². The van der Waals surface area contributed by atoms with Gasteiger partial charge in [-0.25, -0.2) is 0 Å². The van der Waals surface area contributed by atoms with Crippen LogP contribution in [0.4, 0.5) is 0 Å². The lowest BCUT2D eigenvalue weighted by Crippen LogP contribution is -2.27. The minimum atomic E-state index is -0.0403. The van der Waals surface area contributed by atoms with E-state index >= 15 is 0 Å². The summed E-state index contributed by atoms with van der Waals surface area (Å²) in [7, 11) is 0. The van der Waals surface area contributed by atoms with Crippen LogP contribution < -0.4 is 5.32 Å². The summed E-state index contributed by atoms with van der Waals surface area (Å²) >= 11 is 11.3. The van der Waals surface area contributed by atoms with Gasteiger partial charge in [0, 0.05) is 19.3 Å². The van der Waals surface area contributed by atoms with Crippen molar-refractivity contribution in [2.24, 2.45) is 0 Å². The molecule has 0 spiro atoms. The van der Waals surface area contributed by atoms with Crippen LogP contribution in [0, 0.1) is 0 Å². The van der Waals surface area contributed by atoms with Gasteiger partial charge in [-0.3, -0.25) is 4.79 Å². The maximum Gasteiger partial charge on any atom is 0.216 e. The van der Waals surface area contributed by atoms with Gasteiger partial charge in [0.05, 0.1) is 5.38 Å². The highest BCUT2D eigenvalue weighted by molar-refractivity contribution is 6.21. The summed E-state index contributed by atoms with van der Waals surface area (Å²) in [6.45, 7) is 2.01. The Hall–Kier alpha value is 0.0500. The number of carbonyl (C=O) groups is 1. The zero-order valence-electron chi connectivity index (χ0n) is 6.57. The van der Waals surface area contributed by atoms with E-state index in [1.165, 1.54) is 6.92 Å². The Balaban J connectivity index is 3.22. The van der Waals surface area contributed by atoms with E-state index in [9.17, 15) is 4.79 Å². The number of hydrogen-bond acceptors (Lipinski definition) is 1. The van der Waals surface area contributed by atoms with E-state index in [4.69, 9.17) is 23.2 Å². The highest BCUT2D eigenvalue weighted by atomic mass is 35.5. The molecule has 4 heteroatoms. The molecule has 0 aliphatic heterocycles. The highest BCUT2D eigenvalue weighted by Crippen LogP contribution is 2.04. The van der Waals surface area contributed by atoms with Crippen LogP contribution >= 0.6 is 23.2 Å². The predicted molar refractivity (Wildman–Crippen MR) is 48.3 cm³/mol. The molecule has 0 fully saturated rings. The molecule has 0 aromatic rings. The molecule has 0 bridgehead atoms. The van der Waals surface area contributed by atoms with Crippen molar-refractivity contribution in [3.63, 3.8) is 0 Å². The summed E-state index contributed by atoms with van der Waals surface area (Å²) in [6, 6.07) is 0. The van der Waals surface area contributed by atoms with Crippen molar-refractivity contribution in [3.05, 3.63) is 0 Å². The van der Waals surface area contributed by atoms with E-state index < -0.39 is 0 Å². The SMILES string of the molecule is CC(=O)NC[C@@H](Cl)CCCCl. The maximum atomic E-state index is 10.4. The molecule has 0 saturated heterocycles. The Morgan fingerprint density at radius 2 is 2.27 bits per heavy atom. The van der Waals surface area contributed by atoms with Crippen molar-refractivity contribution in [1.29, 1.82) is 0 Å². The molecule has 1 amide bonds. The maximum absolute atomic E-state index is 10.4. The number of halogens is 2. The Bertz CT molecular complexity index is 119. The molecule has 0 heterocycles. The lowest BCUT2D eigenvalue weighted by Gasteiger charge is -2.07. The van der Waals surface area contributed by atoms with Gasteiger partial charge in [-0.1, -0.05) is 0 Å². The minimum absolute atomic E-state index is 0.0117. The van der Waals surface area contributed by atoms with Gasteiger partial charge >= 0.3 is 0 Å². The van der Waals surface area contributed by atoms with Crippen LogP contribution in [0.25, 0.3) is 0 Å². The third kappa shape index (κ3) is 7.95. The van der Waals surface area contributed by atoms with E-state index in [0.29, 0.717) is 12.4 Å². The molecule has 2 nitrogen and oxygen atoms in total. The molecule has 0 aliphatic carbocycles. The van der Waals surface area contributed by atoms with Crippen LogP contribution in [0.5, 0.6) is 0 Å². The molecule has 0 aliphatic rings. The number of nitrogens with one attached hydrogen (secondary N) is 1. The van der Waals surface area contributed by atoms with Crippen LogP contribution in [0.3, 0.4) is 0 Å². The lowest BCUT2D eigenvalue weighted by molar-refractivity contribution is -0.118. The van der Waals surface area contributed by atoms with E-state index in [1.54, 1.807) is 0 Å². The second-order valence-electron chi connectivity index (χ2n) is 2.37. The third-order valence-electron chi connectivity index (χ3n) is 1.22. The molecule has 0 aromatic heterocycles. The fourth-order valence-corrected chi connectivity index (χ4v) is 1.04. The molecule has 0 radical (unpaired) electrons. The number of hydrogen-bond donors (Lipinski definition) is 1. The smallest absolute Gasteiger partial charge is 0.216 e. The van der Waals surface area contributed by atoms with Crippen molar-refractivity contribution >= 4 is 29.1 Å². The Morgan fingerprint density at radius 3 is 2.73 bits per heavy atom. The monoisotopic (exact) mass is 197 g/mol. The van der Waals surface area contributed by atoms with Gasteiger partial charge in [0.2, 0.25) is 5.91 Å². The Kier molecular flexibility index (Phi) is 6.77. The van der Waals surface area contributed by atoms with E-state index in [-0.39, 0.29) is 11.3 Å². The largest absolute Gasteiger partial charge is 0.355 e. The summed E-state index contributed by atoms with van der Waals surface area (Å²) < 4.78 is 0. The fourth-order valence-electron chi connectivity index (χ4n) is 0.655. The molecule has 0 rings (SSSR count). The number of alkyl halides is 2. The topological polar surface area (TPSA) is 29.1 Å². The first-order chi connectivity index (χ1) is 5.16. The zero-order valence-corrected chi connectivity index (χ0v) is 8.08. The molecule has 0 saturated carbocycles. The predicted octanol–water partition coefficient (Wildman–Crippen LogP) is 1.75. The summed E-state index contributed by atoms with van der Waals surface area (Å²) in [6.07, 6.45) is 1.75. The van der Waals surface area contributed by atoms with Crippen molar-refractivity contribution in [1.82, 2.24) is 5.32 Å². The summed E-state index contributed by atoms with van der Waals surface area (Å²) in [5.74, 6) is 0.588. The Morgan fingerprint density at radius 1 is 1.64 bits per heavy atom. The molecule has 11 heavy (non-hydrogen) atoms. The van der Waals surface area contributed by atoms with E-state index in [0.717, 1.165) is 12.8 Å². The standard InChI is InChI=1S/C7H13Cl2NO/c1-6(11)10-5-7(9)3-2-4-8/h7H,2-5H2,1H3,(H,10,11)/t7-/m0/s1. The first kappa shape index (κ1) is 11.1. The van der Waals surface area contributed by atoms with Gasteiger partial charge < -0.3 is 5.32 Å². The fraction of sp³-hybridized carbons (Fsp3) is 0.857. The van der Waals surface area contributed by atoms with Crippen molar-refractivity contribution < 1.29 is 4.79 Å². The third-order valence-corrected chi connectivity index (χ3v) is 1.86. The molecule has 66 valence electrons. The minimum Gasteiger partial charge on any atom is -0.355 e. The van der Waals surface area contributed by atoms with Gasteiger partial charge in [-0.15, -0.1) is 23.2 Å². The summed E-state index contributed by atoms with van der Waals surface area (Å²) in [5.41, 5.74) is 0. The molecule has 0 aromatic carbocycles. The van der Waals surface area contributed by atoms with Crippen LogP contribution in [0.1, 0.15) is 19.8 Å². The van der Waals surface area contributed by atoms with Crippen LogP contribution in [0.15, 0.2) is 0 Å². The van der Waals surface area contributed by atoms with Gasteiger partial charge in [-0.2, -0.15) is 0 Å². The lowest BCUT2D eigenvalue weighted by atomic mass is 10.2. The summed E-state index contributed by atoms with van der Waals surface area (Å²) in [4.78, 5) is 10.4. The number of carbonyl (C=O) groups excluding carboxylic acids is 1. The molecule has 0 unspecified atom stereocenters. The molecule has 1 atom stereocenters. The van der Waals surface area contributed by atoms with Crippen LogP contribution in [-0.4, -0.2) is 23.7 Å². The first-order valence-electron chi connectivity index (χ1n) is 3.61. The van der Waals surface area contributed by atoms with Crippen molar-refractivity contribution in [2.45, 2.75) is 25.1 Å². The molecular formula is C7H13Cl2NO. The Labute approximate surface area is 77.2 Å². The molecular weight excluding hydrogens is 185 g/mol. The van der Waals surface area contributed by atoms with Gasteiger partial charge in [-0.05, 0) is 12.8 Å². The second-order valence-corrected chi connectivity index (χ2v) is 3.36. The van der Waals surface area contributed by atoms with Gasteiger partial charge in [0.1, 0.15) is 0 Å². The quantitative estimate of drug-likeness (QED) is 0.670. The average Bonchev–Trinajstić information content (AvgIpc) is 1.97. The van der Waals surface area contributed by atoms with Crippen LogP contribution in [-0.2, 0) is 4.79 Å². The average molecular weight is 198 g/mol. The number of amides is 1. The van der Waals surface area contributed by atoms with Crippen LogP contribution in [0.2, 0.25) is 0 Å². The normalized spacial score (nSPS) is 12.6. The zero-order chi connectivity index (χ0) is 8.69. The highest BCUT2D eigenvalue weighted by Gasteiger charge is 2.03. The second kappa shape index (κ2) is 6.74. The van der Waals surface area contributed by atoms with Crippen molar-refractivity contribution in [2.75, 3.05) is 12.4 Å². The number of rotatable bonds is 5.